The molecular weight excluding hydrogens is 416 g/mol. The number of rotatable bonds is 4. The number of nitrogens with one attached hydrogen (secondary N) is 2. The summed E-state index contributed by atoms with van der Waals surface area (Å²) in [6.45, 7) is 3.65. The molecule has 1 aromatic carbocycles. The van der Waals surface area contributed by atoms with Crippen LogP contribution >= 0.6 is 22.7 Å². The average Bonchev–Trinajstić information content (AvgIpc) is 3.45. The van der Waals surface area contributed by atoms with Crippen molar-refractivity contribution < 1.29 is 9.59 Å². The molecule has 1 aliphatic heterocycles. The minimum atomic E-state index is -0.450. The Morgan fingerprint density at radius 3 is 2.43 bits per heavy atom. The highest BCUT2D eigenvalue weighted by molar-refractivity contribution is 7.18. The maximum atomic E-state index is 12.3. The van der Waals surface area contributed by atoms with Gasteiger partial charge in [0.15, 0.2) is 5.82 Å². The zero-order valence-electron chi connectivity index (χ0n) is 16.1. The zero-order chi connectivity index (χ0) is 20.8. The molecular formula is C22H16N4O2S2. The van der Waals surface area contributed by atoms with Crippen LogP contribution in [0.3, 0.4) is 0 Å². The summed E-state index contributed by atoms with van der Waals surface area (Å²) in [5.41, 5.74) is 3.60. The van der Waals surface area contributed by atoms with Gasteiger partial charge in [0.2, 0.25) is 0 Å². The summed E-state index contributed by atoms with van der Waals surface area (Å²) in [5.74, 6) is 0.233. The van der Waals surface area contributed by atoms with Crippen LogP contribution in [0.5, 0.6) is 0 Å². The SMILES string of the molecule is CC1=C(Nc2nc(-c3ccc(C)cc3)nc3scc(-c4cccs4)c23)C(=O)NC1=O. The number of thiophene rings is 2. The third-order valence-electron chi connectivity index (χ3n) is 4.94. The molecule has 3 aromatic heterocycles. The first kappa shape index (κ1) is 18.7. The fourth-order valence-corrected chi connectivity index (χ4v) is 5.05. The van der Waals surface area contributed by atoms with E-state index in [1.165, 1.54) is 11.3 Å². The lowest BCUT2D eigenvalue weighted by Gasteiger charge is -2.11. The number of hydrogen-bond donors (Lipinski definition) is 2. The highest BCUT2D eigenvalue weighted by atomic mass is 32.1. The molecule has 8 heteroatoms. The number of carbonyl (C=O) groups excluding carboxylic acids is 2. The van der Waals surface area contributed by atoms with Crippen LogP contribution in [0.25, 0.3) is 32.0 Å². The van der Waals surface area contributed by atoms with Crippen LogP contribution < -0.4 is 10.6 Å². The van der Waals surface area contributed by atoms with Crippen LogP contribution in [-0.2, 0) is 9.59 Å². The van der Waals surface area contributed by atoms with Crippen LogP contribution in [0.2, 0.25) is 0 Å². The van der Waals surface area contributed by atoms with E-state index in [2.05, 4.69) is 16.0 Å². The van der Waals surface area contributed by atoms with Gasteiger partial charge in [0.05, 0.1) is 5.39 Å². The summed E-state index contributed by atoms with van der Waals surface area (Å²) in [4.78, 5) is 35.7. The van der Waals surface area contributed by atoms with Crippen molar-refractivity contribution in [2.75, 3.05) is 5.32 Å². The van der Waals surface area contributed by atoms with Gasteiger partial charge in [0, 0.05) is 27.0 Å². The van der Waals surface area contributed by atoms with Crippen LogP contribution in [0.4, 0.5) is 5.82 Å². The molecule has 5 rings (SSSR count). The Kier molecular flexibility index (Phi) is 4.45. The number of anilines is 1. The Labute approximate surface area is 180 Å². The maximum absolute atomic E-state index is 12.3. The van der Waals surface area contributed by atoms with Gasteiger partial charge in [-0.25, -0.2) is 9.97 Å². The Hall–Kier alpha value is -3.36. The van der Waals surface area contributed by atoms with Gasteiger partial charge >= 0.3 is 0 Å². The molecule has 0 unspecified atom stereocenters. The summed E-state index contributed by atoms with van der Waals surface area (Å²) >= 11 is 3.16. The van der Waals surface area contributed by atoms with E-state index < -0.39 is 11.8 Å². The molecule has 0 atom stereocenters. The van der Waals surface area contributed by atoms with Crippen LogP contribution in [0.15, 0.2) is 58.4 Å². The summed E-state index contributed by atoms with van der Waals surface area (Å²) in [5, 5.41) is 10.4. The monoisotopic (exact) mass is 432 g/mol. The number of carbonyl (C=O) groups is 2. The van der Waals surface area contributed by atoms with Crippen molar-refractivity contribution in [2.45, 2.75) is 13.8 Å². The van der Waals surface area contributed by atoms with Crippen LogP contribution in [0.1, 0.15) is 12.5 Å². The smallest absolute Gasteiger partial charge is 0.275 e. The van der Waals surface area contributed by atoms with Gasteiger partial charge in [-0.1, -0.05) is 35.9 Å². The average molecular weight is 433 g/mol. The Morgan fingerprint density at radius 2 is 1.77 bits per heavy atom. The first-order chi connectivity index (χ1) is 14.5. The lowest BCUT2D eigenvalue weighted by molar-refractivity contribution is -0.124. The number of aryl methyl sites for hydroxylation is 1. The van der Waals surface area contributed by atoms with Crippen molar-refractivity contribution in [3.8, 4) is 21.8 Å². The second-order valence-corrected chi connectivity index (χ2v) is 8.78. The van der Waals surface area contributed by atoms with Gasteiger partial charge in [0.1, 0.15) is 16.3 Å². The van der Waals surface area contributed by atoms with Gasteiger partial charge < -0.3 is 5.32 Å². The molecule has 4 heterocycles. The van der Waals surface area contributed by atoms with Crippen molar-refractivity contribution in [3.05, 3.63) is 64.0 Å². The van der Waals surface area contributed by atoms with Crippen molar-refractivity contribution in [1.29, 1.82) is 0 Å². The fourth-order valence-electron chi connectivity index (χ4n) is 3.29. The molecule has 0 fully saturated rings. The van der Waals surface area contributed by atoms with Crippen molar-refractivity contribution >= 4 is 50.5 Å². The molecule has 6 nitrogen and oxygen atoms in total. The highest BCUT2D eigenvalue weighted by Gasteiger charge is 2.28. The number of nitrogens with zero attached hydrogens (tertiary/aromatic N) is 2. The lowest BCUT2D eigenvalue weighted by atomic mass is 10.1. The minimum absolute atomic E-state index is 0.221. The Morgan fingerprint density at radius 1 is 0.967 bits per heavy atom. The van der Waals surface area contributed by atoms with E-state index in [0.717, 1.165) is 31.8 Å². The topological polar surface area (TPSA) is 84.0 Å². The standard InChI is InChI=1S/C22H16N4O2S2/c1-11-5-7-13(8-6-11)18-24-19(23-17-12(2)20(27)26-21(17)28)16-14(10-30-22(16)25-18)15-4-3-9-29-15/h3-10H,1-2H3,(H2,23,24,25,26,27,28). The molecule has 0 saturated heterocycles. The van der Waals surface area contributed by atoms with E-state index >= 15 is 0 Å². The molecule has 2 N–H and O–H groups in total. The second-order valence-electron chi connectivity index (χ2n) is 6.98. The van der Waals surface area contributed by atoms with Gasteiger partial charge in [0.25, 0.3) is 11.8 Å². The summed E-state index contributed by atoms with van der Waals surface area (Å²) in [6.07, 6.45) is 0. The Bertz CT molecular complexity index is 1340. The molecule has 30 heavy (non-hydrogen) atoms. The first-order valence-corrected chi connectivity index (χ1v) is 11.0. The number of benzene rings is 1. The van der Waals surface area contributed by atoms with Gasteiger partial charge in [-0.15, -0.1) is 22.7 Å². The van der Waals surface area contributed by atoms with E-state index in [4.69, 9.17) is 9.97 Å². The minimum Gasteiger partial charge on any atom is -0.335 e. The molecule has 0 spiro atoms. The largest absolute Gasteiger partial charge is 0.335 e. The zero-order valence-corrected chi connectivity index (χ0v) is 17.8. The number of imide groups is 1. The summed E-state index contributed by atoms with van der Waals surface area (Å²) < 4.78 is 0. The lowest BCUT2D eigenvalue weighted by Crippen LogP contribution is -2.24. The van der Waals surface area contributed by atoms with Gasteiger partial charge in [-0.3, -0.25) is 14.9 Å². The van der Waals surface area contributed by atoms with Crippen molar-refractivity contribution in [1.82, 2.24) is 15.3 Å². The third-order valence-corrected chi connectivity index (χ3v) is 6.72. The van der Waals surface area contributed by atoms with Gasteiger partial charge in [-0.05, 0) is 25.3 Å². The molecule has 0 saturated carbocycles. The molecule has 0 bridgehead atoms. The molecule has 0 aliphatic carbocycles. The number of aromatic nitrogens is 2. The fraction of sp³-hybridized carbons (Fsp3) is 0.0909. The third kappa shape index (κ3) is 3.10. The second kappa shape index (κ2) is 7.16. The number of hydrogen-bond acceptors (Lipinski definition) is 7. The normalized spacial score (nSPS) is 13.9. The van der Waals surface area contributed by atoms with Crippen LogP contribution in [0, 0.1) is 6.92 Å². The van der Waals surface area contributed by atoms with Gasteiger partial charge in [-0.2, -0.15) is 0 Å². The highest BCUT2D eigenvalue weighted by Crippen LogP contribution is 2.40. The predicted molar refractivity (Wildman–Crippen MR) is 120 cm³/mol. The molecule has 0 radical (unpaired) electrons. The van der Waals surface area contributed by atoms with Crippen LogP contribution in [-0.4, -0.2) is 21.8 Å². The number of amides is 2. The molecule has 4 aromatic rings. The van der Waals surface area contributed by atoms with E-state index in [0.29, 0.717) is 17.2 Å². The summed E-state index contributed by atoms with van der Waals surface area (Å²) in [6, 6.07) is 12.0. The predicted octanol–water partition coefficient (Wildman–Crippen LogP) is 4.74. The van der Waals surface area contributed by atoms with E-state index in [1.54, 1.807) is 18.3 Å². The molecule has 1 aliphatic rings. The summed E-state index contributed by atoms with van der Waals surface area (Å²) in [7, 11) is 0. The number of fused-ring (bicyclic) bond motifs is 1. The maximum Gasteiger partial charge on any atom is 0.275 e. The van der Waals surface area contributed by atoms with Crippen molar-refractivity contribution in [3.63, 3.8) is 0 Å². The van der Waals surface area contributed by atoms with E-state index in [9.17, 15) is 9.59 Å². The quantitative estimate of drug-likeness (QED) is 0.455. The Balaban J connectivity index is 1.72. The molecule has 2 amide bonds. The van der Waals surface area contributed by atoms with E-state index in [-0.39, 0.29) is 5.70 Å². The van der Waals surface area contributed by atoms with E-state index in [1.807, 2.05) is 48.7 Å². The molecule has 148 valence electrons. The van der Waals surface area contributed by atoms with Crippen molar-refractivity contribution in [2.24, 2.45) is 0 Å². The first-order valence-electron chi connectivity index (χ1n) is 9.25.